The van der Waals surface area contributed by atoms with Crippen LogP contribution in [0.15, 0.2) is 55.8 Å². The Morgan fingerprint density at radius 2 is 0.908 bits per heavy atom. The van der Waals surface area contributed by atoms with Crippen LogP contribution >= 0.6 is 0 Å². The number of aromatic amines is 4. The van der Waals surface area contributed by atoms with Gasteiger partial charge in [-0.1, -0.05) is 0 Å². The molecule has 32 atom stereocenters. The minimum absolute atomic E-state index is 0.00137. The highest BCUT2D eigenvalue weighted by atomic mass is 16.8. The highest BCUT2D eigenvalue weighted by Crippen LogP contribution is 2.37. The van der Waals surface area contributed by atoms with E-state index in [0.717, 1.165) is 0 Å². The molecule has 608 valence electrons. The molecule has 5 fully saturated rings. The Balaban J connectivity index is 0.735. The number of Topliss-reactive ketones (excluding diaryl/α,β-unsaturated/α-hetero) is 3. The van der Waals surface area contributed by atoms with Crippen molar-refractivity contribution in [3.8, 4) is 0 Å². The number of H-pyrrole nitrogens is 4. The van der Waals surface area contributed by atoms with Crippen LogP contribution in [0.2, 0.25) is 0 Å². The van der Waals surface area contributed by atoms with Crippen molar-refractivity contribution >= 4 is 34.3 Å². The summed E-state index contributed by atoms with van der Waals surface area (Å²) < 4.78 is 56.4. The van der Waals surface area contributed by atoms with Crippen molar-refractivity contribution in [2.45, 2.75) is 228 Å². The fourth-order valence-corrected chi connectivity index (χ4v) is 13.1. The van der Waals surface area contributed by atoms with Crippen LogP contribution in [0, 0.1) is 0 Å². The molecule has 0 saturated carbocycles. The van der Waals surface area contributed by atoms with Crippen molar-refractivity contribution in [1.82, 2.24) is 50.5 Å². The van der Waals surface area contributed by atoms with Gasteiger partial charge in [0.05, 0.1) is 111 Å². The van der Waals surface area contributed by atoms with Crippen molar-refractivity contribution in [3.05, 3.63) is 84.2 Å². The van der Waals surface area contributed by atoms with Gasteiger partial charge >= 0.3 is 0 Å². The second-order valence-corrected chi connectivity index (χ2v) is 26.8. The Morgan fingerprint density at radius 3 is 1.35 bits per heavy atom. The maximum atomic E-state index is 14.1. The largest absolute Gasteiger partial charge is 0.394 e. The molecular weight excluding hydrogens is 1470 g/mol. The van der Waals surface area contributed by atoms with Crippen molar-refractivity contribution in [2.24, 2.45) is 5.73 Å². The third-order valence-electron chi connectivity index (χ3n) is 19.4. The van der Waals surface area contributed by atoms with Crippen LogP contribution in [-0.4, -0.2) is 401 Å². The number of hydrogen-bond donors (Lipinski definition) is 27. The lowest BCUT2D eigenvalue weighted by atomic mass is 9.95. The SMILES string of the molecule is N[C@@H](Cc1c[nH]cn1)C(=O)CCC(=O)[C@H](Cc1c[nH]cn1)NCC(=O)[C@H](Cc1c[nH]cn1)NC(=O)c1ccc2[nH]c(C(O)[C@@H](O)[C@H](O[C@H]3OC(CO)[C@@H](O[C@H]4OC(CO)[C@@H](O[C@H]5OC(CO)[C@@H](O[C@H]6OC(CO)[C@@H](O[C@H]7OC(CO)[C@@H](O)C(O)[C@@H]7O)C(O)[C@@H]6O)C(O)[C@@H]5O)C(O)[C@@H]4O)C(O)[C@@H]3O)C(O)CO)nc2c1. The molecule has 28 N–H and O–H groups in total. The highest BCUT2D eigenvalue weighted by Gasteiger charge is 2.57. The van der Waals surface area contributed by atoms with E-state index in [4.69, 9.17) is 53.1 Å². The Labute approximate surface area is 616 Å². The first-order valence-corrected chi connectivity index (χ1v) is 34.7. The lowest BCUT2D eigenvalue weighted by molar-refractivity contribution is -0.394. The van der Waals surface area contributed by atoms with Gasteiger partial charge in [-0.15, -0.1) is 0 Å². The van der Waals surface area contributed by atoms with E-state index in [1.54, 1.807) is 12.4 Å². The van der Waals surface area contributed by atoms with Crippen LogP contribution in [0.5, 0.6) is 0 Å². The summed E-state index contributed by atoms with van der Waals surface area (Å²) >= 11 is 0. The standard InChI is InChI=1S/C64H93N11O34/c65-26(6-23-9-66-19-70-23)31(82)3-4-32(83)29(7-24-10-67-20-71-24)69-12-33(84)30(8-25-11-68-21-72-25)75-59(99)22-1-2-27-28(5-22)74-58(73-27)47(93)42(88)53(34(85)13-76)105-61-49(95)43(89)55(36(15-78)101-61)107-63-51(97)45(91)57(38(17-80)103-63)109-64-52(98)46(92)56(39(18-81)104-64)108-62-50(96)44(90)54(37(16-79)102-62)106-60-48(94)41(87)40(86)35(14-77)100-60/h1-2,5,9-11,19-21,26,29-30,34-57,60-64,69,76-81,85-98H,3-4,6-8,12-18,65H2,(H,66,70)(H,67,71)(H,68,72)(H,73,74)(H,75,99)/t26-,29-,30-,34?,35?,36?,37?,38?,39?,40+,41?,42+,43?,44?,45?,46?,47?,48-,49-,50-,51-,52-,53+,54+,55+,56+,57+,60+,61+,62+,63+,64+/m0/s1. The number of nitrogens with two attached hydrogens (primary N) is 1. The number of aromatic nitrogens is 8. The molecule has 1 amide bonds. The molecule has 0 aliphatic carbocycles. The van der Waals surface area contributed by atoms with Crippen LogP contribution < -0.4 is 16.4 Å². The first-order chi connectivity index (χ1) is 52.1. The van der Waals surface area contributed by atoms with Gasteiger partial charge in [0, 0.05) is 56.3 Å². The lowest BCUT2D eigenvalue weighted by Gasteiger charge is -2.49. The van der Waals surface area contributed by atoms with Gasteiger partial charge in [-0.25, -0.2) is 19.9 Å². The molecule has 5 aliphatic rings. The molecule has 45 heteroatoms. The number of ketones is 3. The van der Waals surface area contributed by atoms with E-state index < -0.39 is 266 Å². The number of benzene rings is 1. The third kappa shape index (κ3) is 19.8. The molecule has 0 bridgehead atoms. The van der Waals surface area contributed by atoms with Gasteiger partial charge in [0.25, 0.3) is 5.91 Å². The van der Waals surface area contributed by atoms with Gasteiger partial charge in [-0.2, -0.15) is 0 Å². The molecule has 10 rings (SSSR count). The van der Waals surface area contributed by atoms with Crippen LogP contribution in [0.25, 0.3) is 11.0 Å². The second-order valence-electron chi connectivity index (χ2n) is 26.8. The molecule has 5 saturated heterocycles. The summed E-state index contributed by atoms with van der Waals surface area (Å²) in [6, 6.07) is 0.767. The summed E-state index contributed by atoms with van der Waals surface area (Å²) in [5, 5.41) is 223. The number of amides is 1. The molecule has 5 aromatic rings. The average Bonchev–Trinajstić information content (AvgIpc) is 1.75. The minimum atomic E-state index is -2.31. The summed E-state index contributed by atoms with van der Waals surface area (Å²) in [7, 11) is 0. The van der Waals surface area contributed by atoms with Crippen molar-refractivity contribution in [1.29, 1.82) is 0 Å². The summed E-state index contributed by atoms with van der Waals surface area (Å²) in [6.45, 7) is -6.76. The highest BCUT2D eigenvalue weighted by molar-refractivity contribution is 6.00. The number of ether oxygens (including phenoxy) is 10. The van der Waals surface area contributed by atoms with E-state index in [2.05, 4.69) is 50.5 Å². The molecule has 0 spiro atoms. The number of carbonyl (C=O) groups is 4. The van der Waals surface area contributed by atoms with E-state index in [0.29, 0.717) is 17.1 Å². The Kier molecular flexibility index (Phi) is 29.9. The maximum absolute atomic E-state index is 14.1. The third-order valence-corrected chi connectivity index (χ3v) is 19.4. The van der Waals surface area contributed by atoms with E-state index in [1.807, 2.05) is 0 Å². The number of nitrogens with one attached hydrogen (secondary N) is 6. The van der Waals surface area contributed by atoms with E-state index >= 15 is 0 Å². The topological polar surface area (TPSA) is 730 Å². The smallest absolute Gasteiger partial charge is 0.251 e. The van der Waals surface area contributed by atoms with Crippen molar-refractivity contribution in [2.75, 3.05) is 46.2 Å². The van der Waals surface area contributed by atoms with Crippen LogP contribution in [0.3, 0.4) is 0 Å². The predicted octanol–water partition coefficient (Wildman–Crippen LogP) is -13.4. The van der Waals surface area contributed by atoms with Gasteiger partial charge in [-0.05, 0) is 18.2 Å². The van der Waals surface area contributed by atoms with Gasteiger partial charge in [0.1, 0.15) is 158 Å². The Bertz CT molecular complexity index is 3640. The molecule has 109 heavy (non-hydrogen) atoms. The van der Waals surface area contributed by atoms with Gasteiger partial charge < -0.3 is 186 Å². The minimum Gasteiger partial charge on any atom is -0.394 e. The number of aliphatic hydroxyl groups excluding tert-OH is 20. The van der Waals surface area contributed by atoms with E-state index in [-0.39, 0.29) is 54.5 Å². The molecule has 45 nitrogen and oxygen atoms in total. The number of nitrogens with zero attached hydrogens (tertiary/aromatic N) is 4. The molecule has 5 aliphatic heterocycles. The van der Waals surface area contributed by atoms with Crippen LogP contribution in [0.4, 0.5) is 0 Å². The van der Waals surface area contributed by atoms with Crippen LogP contribution in [-0.2, 0) is 81.0 Å². The lowest BCUT2D eigenvalue weighted by Crippen LogP contribution is -2.68. The Hall–Kier alpha value is -6.48. The van der Waals surface area contributed by atoms with Crippen LogP contribution in [0.1, 0.15) is 52.2 Å². The van der Waals surface area contributed by atoms with Gasteiger partial charge in [-0.3, -0.25) is 19.2 Å². The maximum Gasteiger partial charge on any atom is 0.251 e. The first-order valence-electron chi connectivity index (χ1n) is 34.7. The van der Waals surface area contributed by atoms with E-state index in [9.17, 15) is 121 Å². The zero-order valence-corrected chi connectivity index (χ0v) is 57.7. The van der Waals surface area contributed by atoms with Crippen molar-refractivity contribution < 1.29 is 169 Å². The predicted molar refractivity (Wildman–Crippen MR) is 351 cm³/mol. The van der Waals surface area contributed by atoms with E-state index in [1.165, 1.54) is 43.4 Å². The van der Waals surface area contributed by atoms with Gasteiger partial charge in [0.2, 0.25) is 0 Å². The van der Waals surface area contributed by atoms with Gasteiger partial charge in [0.15, 0.2) is 43.0 Å². The molecule has 4 aromatic heterocycles. The number of carbonyl (C=O) groups excluding carboxylic acids is 4. The zero-order chi connectivity index (χ0) is 78.8. The second kappa shape index (κ2) is 38.4. The zero-order valence-electron chi connectivity index (χ0n) is 57.7. The fourth-order valence-electron chi connectivity index (χ4n) is 13.1. The number of aliphatic hydroxyl groups is 20. The summed E-state index contributed by atoms with van der Waals surface area (Å²) in [5.74, 6) is -2.59. The summed E-state index contributed by atoms with van der Waals surface area (Å²) in [6.07, 6.45) is -50.0. The van der Waals surface area contributed by atoms with Crippen molar-refractivity contribution in [3.63, 3.8) is 0 Å². The fraction of sp³-hybridized carbons (Fsp3) is 0.688. The number of rotatable bonds is 37. The molecule has 1 aromatic carbocycles. The monoisotopic (exact) mass is 1560 g/mol. The molecule has 9 heterocycles. The summed E-state index contributed by atoms with van der Waals surface area (Å²) in [5.41, 5.74) is 7.61. The molecule has 0 radical (unpaired) electrons. The number of fused-ring (bicyclic) bond motifs is 1. The Morgan fingerprint density at radius 1 is 0.495 bits per heavy atom. The quantitative estimate of drug-likeness (QED) is 0.0176. The summed E-state index contributed by atoms with van der Waals surface area (Å²) in [4.78, 5) is 82.7. The normalized spacial score (nSPS) is 35.1. The average molecular weight is 1560 g/mol. The molecule has 12 unspecified atom stereocenters. The number of imidazole rings is 4. The first kappa shape index (κ1) is 85.0. The number of hydrogen-bond acceptors (Lipinski definition) is 40. The molecular formula is C64H93N11O34.